The molecule has 44 heavy (non-hydrogen) atoms. The second kappa shape index (κ2) is 20.9. The first kappa shape index (κ1) is 35.6. The van der Waals surface area contributed by atoms with Crippen molar-refractivity contribution in [3.63, 3.8) is 0 Å². The van der Waals surface area contributed by atoms with Crippen LogP contribution in [0.15, 0.2) is 48.5 Å². The number of carbonyl (C=O) groups is 2. The molecule has 9 nitrogen and oxygen atoms in total. The molecule has 0 aliphatic heterocycles. The van der Waals surface area contributed by atoms with E-state index in [-0.39, 0.29) is 18.1 Å². The van der Waals surface area contributed by atoms with Gasteiger partial charge >= 0.3 is 0 Å². The number of Topliss-reactive ketones (excluding diaryl/α,β-unsaturated/α-hetero) is 1. The van der Waals surface area contributed by atoms with Crippen LogP contribution < -0.4 is 11.1 Å². The lowest BCUT2D eigenvalue weighted by atomic mass is 9.91. The van der Waals surface area contributed by atoms with Gasteiger partial charge in [0.15, 0.2) is 5.78 Å². The van der Waals surface area contributed by atoms with Gasteiger partial charge < -0.3 is 34.9 Å². The number of nitrogens with one attached hydrogen (secondary N) is 1. The zero-order valence-corrected chi connectivity index (χ0v) is 26.6. The molecule has 0 radical (unpaired) electrons. The fourth-order valence-electron chi connectivity index (χ4n) is 5.06. The molecular weight excluding hydrogens is 558 g/mol. The number of nitrogens with zero attached hydrogens (tertiary/aromatic N) is 1. The van der Waals surface area contributed by atoms with Gasteiger partial charge in [0.2, 0.25) is 5.91 Å². The maximum Gasteiger partial charge on any atom is 0.222 e. The molecule has 0 bridgehead atoms. The SMILES string of the molecule is CN(C)CC/C=C1\c2ccccc2CCc2cc(C(=O)CCCNC(=O)CCOCCOCCOCCOCCN)ccc21. The van der Waals surface area contributed by atoms with Gasteiger partial charge in [-0.15, -0.1) is 0 Å². The summed E-state index contributed by atoms with van der Waals surface area (Å²) >= 11 is 0. The van der Waals surface area contributed by atoms with E-state index in [2.05, 4.69) is 66.8 Å². The minimum atomic E-state index is -0.0817. The van der Waals surface area contributed by atoms with E-state index in [1.165, 1.54) is 27.8 Å². The molecule has 1 aliphatic rings. The number of ether oxygens (including phenoxy) is 4. The van der Waals surface area contributed by atoms with Crippen molar-refractivity contribution in [2.45, 2.75) is 38.5 Å². The van der Waals surface area contributed by atoms with Crippen molar-refractivity contribution in [2.24, 2.45) is 5.73 Å². The Morgan fingerprint density at radius 2 is 1.45 bits per heavy atom. The smallest absolute Gasteiger partial charge is 0.222 e. The monoisotopic (exact) mass is 609 g/mol. The average molecular weight is 610 g/mol. The number of hydrogen-bond acceptors (Lipinski definition) is 8. The Balaban J connectivity index is 1.33. The number of nitrogens with two attached hydrogens (primary N) is 1. The summed E-state index contributed by atoms with van der Waals surface area (Å²) in [5, 5.41) is 2.89. The molecule has 0 atom stereocenters. The molecule has 0 saturated heterocycles. The van der Waals surface area contributed by atoms with E-state index in [1.807, 2.05) is 6.07 Å². The summed E-state index contributed by atoms with van der Waals surface area (Å²) in [6.07, 6.45) is 6.43. The standard InChI is InChI=1S/C35H51N3O6/c1-38(2)18-6-9-33-31-8-4-3-7-28(31)11-12-29-27-30(13-14-32(29)33)34(39)10-5-17-37-35(40)15-19-41-21-23-43-25-26-44-24-22-42-20-16-36/h3-4,7-9,13-14,27H,5-6,10-12,15-26,36H2,1-2H3,(H,37,40)/b33-9+. The maximum atomic E-state index is 13.0. The van der Waals surface area contributed by atoms with Crippen molar-refractivity contribution in [3.8, 4) is 0 Å². The van der Waals surface area contributed by atoms with Crippen LogP contribution in [0.1, 0.15) is 58.3 Å². The van der Waals surface area contributed by atoms with Crippen molar-refractivity contribution in [1.29, 1.82) is 0 Å². The van der Waals surface area contributed by atoms with Crippen molar-refractivity contribution in [2.75, 3.05) is 86.6 Å². The third kappa shape index (κ3) is 13.0. The Morgan fingerprint density at radius 1 is 0.818 bits per heavy atom. The van der Waals surface area contributed by atoms with Gasteiger partial charge in [-0.3, -0.25) is 9.59 Å². The summed E-state index contributed by atoms with van der Waals surface area (Å²) in [7, 11) is 4.18. The molecule has 0 saturated carbocycles. The minimum Gasteiger partial charge on any atom is -0.379 e. The summed E-state index contributed by atoms with van der Waals surface area (Å²) in [5.74, 6) is 0.0254. The highest BCUT2D eigenvalue weighted by atomic mass is 16.6. The molecule has 0 fully saturated rings. The molecule has 2 aromatic carbocycles. The van der Waals surface area contributed by atoms with Gasteiger partial charge in [0.25, 0.3) is 0 Å². The number of fused-ring (bicyclic) bond motifs is 2. The third-order valence-corrected chi connectivity index (χ3v) is 7.37. The number of hydrogen-bond donors (Lipinski definition) is 2. The highest BCUT2D eigenvalue weighted by Gasteiger charge is 2.19. The Morgan fingerprint density at radius 3 is 2.16 bits per heavy atom. The third-order valence-electron chi connectivity index (χ3n) is 7.37. The number of benzene rings is 2. The minimum absolute atomic E-state index is 0.0817. The summed E-state index contributed by atoms with van der Waals surface area (Å²) < 4.78 is 21.5. The topological polar surface area (TPSA) is 112 Å². The van der Waals surface area contributed by atoms with E-state index in [9.17, 15) is 9.59 Å². The lowest BCUT2D eigenvalue weighted by Gasteiger charge is -2.14. The van der Waals surface area contributed by atoms with Crippen molar-refractivity contribution in [3.05, 3.63) is 76.4 Å². The van der Waals surface area contributed by atoms with Crippen molar-refractivity contribution < 1.29 is 28.5 Å². The predicted molar refractivity (Wildman–Crippen MR) is 174 cm³/mol. The normalized spacial score (nSPS) is 13.5. The van der Waals surface area contributed by atoms with Gasteiger partial charge in [-0.1, -0.05) is 42.5 Å². The molecular formula is C35H51N3O6. The van der Waals surface area contributed by atoms with Gasteiger partial charge in [-0.25, -0.2) is 0 Å². The summed E-state index contributed by atoms with van der Waals surface area (Å²) in [6, 6.07) is 14.8. The maximum absolute atomic E-state index is 13.0. The number of ketones is 1. The van der Waals surface area contributed by atoms with Crippen molar-refractivity contribution in [1.82, 2.24) is 10.2 Å². The molecule has 2 aromatic rings. The first-order valence-corrected chi connectivity index (χ1v) is 15.9. The average Bonchev–Trinajstić information content (AvgIpc) is 3.18. The molecule has 1 amide bonds. The molecule has 0 unspecified atom stereocenters. The fraction of sp³-hybridized carbons (Fsp3) is 0.543. The summed E-state index contributed by atoms with van der Waals surface area (Å²) in [6.45, 7) is 5.71. The van der Waals surface area contributed by atoms with E-state index in [0.29, 0.717) is 78.8 Å². The second-order valence-corrected chi connectivity index (χ2v) is 11.1. The predicted octanol–water partition coefficient (Wildman–Crippen LogP) is 3.66. The van der Waals surface area contributed by atoms with Gasteiger partial charge in [-0.05, 0) is 73.7 Å². The number of rotatable bonds is 22. The van der Waals surface area contributed by atoms with Crippen LogP contribution in [0.25, 0.3) is 5.57 Å². The lowest BCUT2D eigenvalue weighted by Crippen LogP contribution is -2.26. The molecule has 9 heteroatoms. The van der Waals surface area contributed by atoms with Gasteiger partial charge in [0.1, 0.15) is 0 Å². The van der Waals surface area contributed by atoms with Crippen molar-refractivity contribution >= 4 is 17.3 Å². The quantitative estimate of drug-likeness (QED) is 0.154. The molecule has 242 valence electrons. The Hall–Kier alpha value is -2.92. The van der Waals surface area contributed by atoms with Crippen LogP contribution in [0.4, 0.5) is 0 Å². The zero-order valence-electron chi connectivity index (χ0n) is 26.6. The molecule has 0 aromatic heterocycles. The molecule has 0 heterocycles. The van der Waals surface area contributed by atoms with E-state index >= 15 is 0 Å². The molecule has 0 spiro atoms. The number of carbonyl (C=O) groups excluding carboxylic acids is 2. The second-order valence-electron chi connectivity index (χ2n) is 11.1. The fourth-order valence-corrected chi connectivity index (χ4v) is 5.06. The van der Waals surface area contributed by atoms with Crippen LogP contribution in [0.3, 0.4) is 0 Å². The zero-order chi connectivity index (χ0) is 31.4. The van der Waals surface area contributed by atoms with E-state index in [4.69, 9.17) is 24.7 Å². The first-order chi connectivity index (χ1) is 21.5. The highest BCUT2D eigenvalue weighted by Crippen LogP contribution is 2.34. The largest absolute Gasteiger partial charge is 0.379 e. The van der Waals surface area contributed by atoms with Gasteiger partial charge in [0.05, 0.1) is 52.9 Å². The Kier molecular flexibility index (Phi) is 16.9. The van der Waals surface area contributed by atoms with E-state index < -0.39 is 0 Å². The molecule has 3 N–H and O–H groups in total. The van der Waals surface area contributed by atoms with E-state index in [0.717, 1.165) is 31.4 Å². The van der Waals surface area contributed by atoms with Crippen LogP contribution in [0.5, 0.6) is 0 Å². The van der Waals surface area contributed by atoms with Gasteiger partial charge in [-0.2, -0.15) is 0 Å². The lowest BCUT2D eigenvalue weighted by molar-refractivity contribution is -0.122. The highest BCUT2D eigenvalue weighted by molar-refractivity contribution is 5.97. The van der Waals surface area contributed by atoms with E-state index in [1.54, 1.807) is 0 Å². The Labute approximate surface area is 263 Å². The van der Waals surface area contributed by atoms with Crippen LogP contribution in [0.2, 0.25) is 0 Å². The van der Waals surface area contributed by atoms with Gasteiger partial charge in [0, 0.05) is 38.0 Å². The first-order valence-electron chi connectivity index (χ1n) is 15.9. The summed E-state index contributed by atoms with van der Waals surface area (Å²) in [4.78, 5) is 27.4. The summed E-state index contributed by atoms with van der Waals surface area (Å²) in [5.41, 5.74) is 12.4. The van der Waals surface area contributed by atoms with Crippen LogP contribution >= 0.6 is 0 Å². The molecule has 1 aliphatic carbocycles. The van der Waals surface area contributed by atoms with Crippen LogP contribution in [0, 0.1) is 0 Å². The van der Waals surface area contributed by atoms with Crippen LogP contribution in [-0.4, -0.2) is 103 Å². The number of amides is 1. The molecule has 3 rings (SSSR count). The Bertz CT molecular complexity index is 1180. The number of aryl methyl sites for hydroxylation is 2. The van der Waals surface area contributed by atoms with Crippen LogP contribution in [-0.2, 0) is 36.6 Å².